The maximum atomic E-state index is 8.26. The Morgan fingerprint density at radius 1 is 0.947 bits per heavy atom. The van der Waals surface area contributed by atoms with E-state index in [0.717, 1.165) is 19.8 Å². The van der Waals surface area contributed by atoms with E-state index in [1.807, 2.05) is 0 Å². The van der Waals surface area contributed by atoms with Crippen molar-refractivity contribution >= 4 is 0 Å². The molecule has 2 N–H and O–H groups in total. The van der Waals surface area contributed by atoms with Crippen molar-refractivity contribution in [3.8, 4) is 0 Å². The second-order valence-corrected chi connectivity index (χ2v) is 4.06. The third kappa shape index (κ3) is 17.8. The van der Waals surface area contributed by atoms with Crippen molar-refractivity contribution < 1.29 is 29.2 Å². The first-order valence-electron chi connectivity index (χ1n) is 6.91. The fourth-order valence-electron chi connectivity index (χ4n) is 1.08. The van der Waals surface area contributed by atoms with Crippen molar-refractivity contribution in [2.24, 2.45) is 0 Å². The molecule has 0 saturated carbocycles. The van der Waals surface area contributed by atoms with Crippen LogP contribution in [0.15, 0.2) is 0 Å². The molecule has 19 heavy (non-hydrogen) atoms. The van der Waals surface area contributed by atoms with Crippen molar-refractivity contribution in [3.63, 3.8) is 0 Å². The summed E-state index contributed by atoms with van der Waals surface area (Å²) >= 11 is 0. The first kappa shape index (κ1) is 18.8. The second-order valence-electron chi connectivity index (χ2n) is 4.06. The Kier molecular flexibility index (Phi) is 15.6. The van der Waals surface area contributed by atoms with E-state index in [4.69, 9.17) is 29.2 Å². The Hall–Kier alpha value is -0.240. The van der Waals surface area contributed by atoms with Crippen LogP contribution < -0.4 is 0 Å². The molecule has 116 valence electrons. The average molecular weight is 280 g/mol. The highest BCUT2D eigenvalue weighted by Crippen LogP contribution is 2.08. The number of epoxide rings is 1. The summed E-state index contributed by atoms with van der Waals surface area (Å²) in [5.74, 6) is 0. The molecule has 0 aromatic rings. The lowest BCUT2D eigenvalue weighted by Gasteiger charge is -2.01. The lowest BCUT2D eigenvalue weighted by Crippen LogP contribution is -2.09. The molecule has 0 amide bonds. The number of rotatable bonds is 12. The summed E-state index contributed by atoms with van der Waals surface area (Å²) in [7, 11) is 0. The summed E-state index contributed by atoms with van der Waals surface area (Å²) < 4.78 is 20.0. The topological polar surface area (TPSA) is 80.7 Å². The molecule has 1 rings (SSSR count). The fourth-order valence-corrected chi connectivity index (χ4v) is 1.08. The van der Waals surface area contributed by atoms with Gasteiger partial charge in [0.1, 0.15) is 6.10 Å². The highest BCUT2D eigenvalue weighted by molar-refractivity contribution is 4.66. The van der Waals surface area contributed by atoms with Gasteiger partial charge in [0, 0.05) is 6.61 Å². The highest BCUT2D eigenvalue weighted by atomic mass is 16.6. The lowest BCUT2D eigenvalue weighted by atomic mass is 10.4. The summed E-state index contributed by atoms with van der Waals surface area (Å²) in [5, 5.41) is 16.5. The molecule has 1 saturated heterocycles. The number of aliphatic hydroxyl groups excluding tert-OH is 2. The zero-order chi connectivity index (χ0) is 14.2. The van der Waals surface area contributed by atoms with E-state index in [0.29, 0.717) is 32.5 Å². The highest BCUT2D eigenvalue weighted by Gasteiger charge is 2.21. The molecule has 1 aliphatic rings. The standard InChI is InChI=1S/C7H14O2.C6H14O4/c1-2-3-4-8-5-7-6-9-7;7-1-3-9-5-6-10-4-2-8/h7H,2-6H2,1H3;7-8H,1-6H2. The molecule has 1 unspecified atom stereocenters. The summed E-state index contributed by atoms with van der Waals surface area (Å²) in [4.78, 5) is 0. The smallest absolute Gasteiger partial charge is 0.104 e. The molecular formula is C13H28O6. The van der Waals surface area contributed by atoms with Gasteiger partial charge in [-0.15, -0.1) is 0 Å². The first-order chi connectivity index (χ1) is 9.35. The third-order valence-electron chi connectivity index (χ3n) is 2.19. The van der Waals surface area contributed by atoms with Gasteiger partial charge in [0.15, 0.2) is 0 Å². The Labute approximate surface area is 115 Å². The predicted octanol–water partition coefficient (Wildman–Crippen LogP) is 0.206. The molecule has 0 radical (unpaired) electrons. The fraction of sp³-hybridized carbons (Fsp3) is 1.00. The van der Waals surface area contributed by atoms with Gasteiger partial charge in [-0.1, -0.05) is 13.3 Å². The van der Waals surface area contributed by atoms with Gasteiger partial charge in [-0.3, -0.25) is 0 Å². The SMILES string of the molecule is CCCCOCC1CO1.OCCOCCOCCO. The molecular weight excluding hydrogens is 252 g/mol. The van der Waals surface area contributed by atoms with Gasteiger partial charge in [0.05, 0.1) is 52.9 Å². The van der Waals surface area contributed by atoms with E-state index in [1.54, 1.807) is 0 Å². The number of unbranched alkanes of at least 4 members (excludes halogenated alkanes) is 1. The zero-order valence-electron chi connectivity index (χ0n) is 11.9. The van der Waals surface area contributed by atoms with Gasteiger partial charge >= 0.3 is 0 Å². The van der Waals surface area contributed by atoms with Gasteiger partial charge in [0.2, 0.25) is 0 Å². The molecule has 1 atom stereocenters. The van der Waals surface area contributed by atoms with Gasteiger partial charge in [-0.25, -0.2) is 0 Å². The summed E-state index contributed by atoms with van der Waals surface area (Å²) in [6.07, 6.45) is 2.82. The molecule has 6 nitrogen and oxygen atoms in total. The van der Waals surface area contributed by atoms with E-state index >= 15 is 0 Å². The van der Waals surface area contributed by atoms with Crippen LogP contribution in [0.1, 0.15) is 19.8 Å². The Morgan fingerprint density at radius 2 is 1.53 bits per heavy atom. The normalized spacial score (nSPS) is 16.9. The van der Waals surface area contributed by atoms with Crippen LogP contribution in [0.2, 0.25) is 0 Å². The molecule has 1 fully saturated rings. The number of hydrogen-bond donors (Lipinski definition) is 2. The Bertz CT molecular complexity index is 155. The van der Waals surface area contributed by atoms with E-state index in [-0.39, 0.29) is 13.2 Å². The van der Waals surface area contributed by atoms with Crippen molar-refractivity contribution in [3.05, 3.63) is 0 Å². The number of hydrogen-bond acceptors (Lipinski definition) is 6. The van der Waals surface area contributed by atoms with Gasteiger partial charge in [-0.05, 0) is 6.42 Å². The van der Waals surface area contributed by atoms with Crippen LogP contribution >= 0.6 is 0 Å². The third-order valence-corrected chi connectivity index (χ3v) is 2.19. The number of ether oxygens (including phenoxy) is 4. The van der Waals surface area contributed by atoms with Crippen LogP contribution in [-0.2, 0) is 18.9 Å². The minimum absolute atomic E-state index is 0.0417. The molecule has 0 spiro atoms. The van der Waals surface area contributed by atoms with Crippen molar-refractivity contribution in [2.45, 2.75) is 25.9 Å². The van der Waals surface area contributed by atoms with Crippen LogP contribution in [0.3, 0.4) is 0 Å². The van der Waals surface area contributed by atoms with Crippen LogP contribution in [0.5, 0.6) is 0 Å². The van der Waals surface area contributed by atoms with E-state index in [2.05, 4.69) is 6.92 Å². The molecule has 1 aliphatic heterocycles. The molecule has 0 aromatic heterocycles. The number of aliphatic hydroxyl groups is 2. The minimum atomic E-state index is 0.0417. The molecule has 0 bridgehead atoms. The second kappa shape index (κ2) is 15.8. The maximum Gasteiger partial charge on any atom is 0.104 e. The van der Waals surface area contributed by atoms with Gasteiger partial charge in [0.25, 0.3) is 0 Å². The van der Waals surface area contributed by atoms with Gasteiger partial charge in [-0.2, -0.15) is 0 Å². The first-order valence-corrected chi connectivity index (χ1v) is 6.91. The van der Waals surface area contributed by atoms with Crippen molar-refractivity contribution in [1.82, 2.24) is 0 Å². The Balaban J connectivity index is 0.000000342. The van der Waals surface area contributed by atoms with Crippen LogP contribution in [0.25, 0.3) is 0 Å². The van der Waals surface area contributed by atoms with Crippen LogP contribution in [0, 0.1) is 0 Å². The predicted molar refractivity (Wildman–Crippen MR) is 71.3 cm³/mol. The molecule has 0 aliphatic carbocycles. The molecule has 0 aromatic carbocycles. The van der Waals surface area contributed by atoms with E-state index < -0.39 is 0 Å². The summed E-state index contributed by atoms with van der Waals surface area (Å²) in [6, 6.07) is 0. The van der Waals surface area contributed by atoms with Crippen LogP contribution in [0.4, 0.5) is 0 Å². The molecule has 1 heterocycles. The van der Waals surface area contributed by atoms with E-state index in [1.165, 1.54) is 12.8 Å². The largest absolute Gasteiger partial charge is 0.394 e. The molecule has 6 heteroatoms. The summed E-state index contributed by atoms with van der Waals surface area (Å²) in [5.41, 5.74) is 0. The average Bonchev–Trinajstić information content (AvgIpc) is 3.24. The lowest BCUT2D eigenvalue weighted by molar-refractivity contribution is 0.0222. The Morgan fingerprint density at radius 3 is 1.95 bits per heavy atom. The monoisotopic (exact) mass is 280 g/mol. The van der Waals surface area contributed by atoms with Gasteiger partial charge < -0.3 is 29.2 Å². The maximum absolute atomic E-state index is 8.26. The quantitative estimate of drug-likeness (QED) is 0.393. The zero-order valence-corrected chi connectivity index (χ0v) is 11.9. The van der Waals surface area contributed by atoms with Crippen molar-refractivity contribution in [2.75, 3.05) is 59.5 Å². The van der Waals surface area contributed by atoms with Crippen molar-refractivity contribution in [1.29, 1.82) is 0 Å². The minimum Gasteiger partial charge on any atom is -0.394 e. The summed E-state index contributed by atoms with van der Waals surface area (Å²) in [6.45, 7) is 6.51. The van der Waals surface area contributed by atoms with E-state index in [9.17, 15) is 0 Å². The van der Waals surface area contributed by atoms with Crippen LogP contribution in [-0.4, -0.2) is 75.8 Å².